The number of fused-ring (bicyclic) bond motifs is 1. The lowest BCUT2D eigenvalue weighted by atomic mass is 10.1. The Morgan fingerprint density at radius 2 is 1.76 bits per heavy atom. The first-order chi connectivity index (χ1) is 18.5. The van der Waals surface area contributed by atoms with Crippen LogP contribution in [-0.2, 0) is 20.9 Å². The number of carbonyl (C=O) groups excluding carboxylic acids is 2. The number of aliphatic imine (C=N–C) groups is 1. The molecule has 2 amide bonds. The van der Waals surface area contributed by atoms with Crippen LogP contribution in [0.1, 0.15) is 11.1 Å². The largest absolute Gasteiger partial charge is 0.383 e. The van der Waals surface area contributed by atoms with Crippen LogP contribution in [0.25, 0.3) is 17.0 Å². The van der Waals surface area contributed by atoms with E-state index >= 15 is 0 Å². The minimum atomic E-state index is -0.122. The number of anilines is 1. The van der Waals surface area contributed by atoms with Gasteiger partial charge >= 0.3 is 0 Å². The van der Waals surface area contributed by atoms with E-state index in [4.69, 9.17) is 9.73 Å². The zero-order valence-electron chi connectivity index (χ0n) is 21.3. The number of amidine groups is 1. The van der Waals surface area contributed by atoms with E-state index in [1.807, 2.05) is 103 Å². The number of aromatic nitrogens is 1. The van der Waals surface area contributed by atoms with Gasteiger partial charge in [0.2, 0.25) is 5.91 Å². The Balaban J connectivity index is 1.44. The summed E-state index contributed by atoms with van der Waals surface area (Å²) in [6.07, 6.45) is 3.81. The Hall–Kier alpha value is -4.14. The van der Waals surface area contributed by atoms with E-state index in [0.29, 0.717) is 23.2 Å². The van der Waals surface area contributed by atoms with Crippen LogP contribution in [0.3, 0.4) is 0 Å². The predicted molar refractivity (Wildman–Crippen MR) is 154 cm³/mol. The molecule has 1 saturated heterocycles. The molecule has 1 N–H and O–H groups in total. The second-order valence-electron chi connectivity index (χ2n) is 8.93. The Kier molecular flexibility index (Phi) is 7.72. The minimum absolute atomic E-state index is 0.115. The standard InChI is InChI=1S/C30H28N4O3S/c1-21-12-14-24(15-13-21)31-28(35)20-33-19-22(25-10-6-7-11-26(25)33)18-27-29(36)34(16-17-37-2)30(38-27)32-23-8-4-3-5-9-23/h3-15,18-19H,16-17,20H2,1-2H3,(H,31,35)/b27-18-,32-30?. The van der Waals surface area contributed by atoms with Crippen molar-refractivity contribution in [1.82, 2.24) is 9.47 Å². The zero-order chi connectivity index (χ0) is 26.5. The highest BCUT2D eigenvalue weighted by atomic mass is 32.2. The van der Waals surface area contributed by atoms with Crippen LogP contribution < -0.4 is 5.32 Å². The molecular formula is C30H28N4O3S. The van der Waals surface area contributed by atoms with Crippen molar-refractivity contribution in [3.05, 3.63) is 101 Å². The topological polar surface area (TPSA) is 75.9 Å². The van der Waals surface area contributed by atoms with E-state index in [0.717, 1.165) is 33.4 Å². The van der Waals surface area contributed by atoms with Crippen molar-refractivity contribution in [3.8, 4) is 0 Å². The lowest BCUT2D eigenvalue weighted by Gasteiger charge is -2.14. The third-order valence-corrected chi connectivity index (χ3v) is 7.15. The average molecular weight is 525 g/mol. The highest BCUT2D eigenvalue weighted by molar-refractivity contribution is 8.18. The van der Waals surface area contributed by atoms with Crippen LogP contribution in [0.4, 0.5) is 11.4 Å². The van der Waals surface area contributed by atoms with Crippen LogP contribution in [0, 0.1) is 6.92 Å². The van der Waals surface area contributed by atoms with E-state index in [-0.39, 0.29) is 18.4 Å². The fourth-order valence-electron chi connectivity index (χ4n) is 4.24. The number of carbonyl (C=O) groups is 2. The van der Waals surface area contributed by atoms with Crippen LogP contribution in [0.15, 0.2) is 95.0 Å². The molecule has 0 atom stereocenters. The van der Waals surface area contributed by atoms with Crippen molar-refractivity contribution in [2.75, 3.05) is 25.6 Å². The molecule has 5 rings (SSSR count). The molecule has 3 aromatic carbocycles. The number of para-hydroxylation sites is 2. The Labute approximate surface area is 225 Å². The first-order valence-electron chi connectivity index (χ1n) is 12.3. The number of thioether (sulfide) groups is 1. The maximum absolute atomic E-state index is 13.4. The number of ether oxygens (including phenoxy) is 1. The van der Waals surface area contributed by atoms with Crippen LogP contribution in [0.5, 0.6) is 0 Å². The molecule has 0 saturated carbocycles. The summed E-state index contributed by atoms with van der Waals surface area (Å²) in [4.78, 5) is 33.2. The molecule has 0 radical (unpaired) electrons. The number of nitrogens with one attached hydrogen (secondary N) is 1. The van der Waals surface area contributed by atoms with E-state index in [1.165, 1.54) is 11.8 Å². The molecule has 38 heavy (non-hydrogen) atoms. The number of hydrogen-bond acceptors (Lipinski definition) is 5. The Morgan fingerprint density at radius 1 is 1.03 bits per heavy atom. The summed E-state index contributed by atoms with van der Waals surface area (Å²) in [6, 6.07) is 25.2. The summed E-state index contributed by atoms with van der Waals surface area (Å²) >= 11 is 1.34. The highest BCUT2D eigenvalue weighted by Gasteiger charge is 2.33. The number of amides is 2. The molecule has 0 unspecified atom stereocenters. The number of methoxy groups -OCH3 is 1. The molecule has 1 fully saturated rings. The maximum Gasteiger partial charge on any atom is 0.266 e. The SMILES string of the molecule is COCCN1C(=O)/C(=C/c2cn(CC(=O)Nc3ccc(C)cc3)c3ccccc23)SC1=Nc1ccccc1. The van der Waals surface area contributed by atoms with Gasteiger partial charge in [0.25, 0.3) is 5.91 Å². The maximum atomic E-state index is 13.4. The molecule has 0 aliphatic carbocycles. The monoisotopic (exact) mass is 524 g/mol. The average Bonchev–Trinajstić information content (AvgIpc) is 3.41. The van der Waals surface area contributed by atoms with E-state index in [1.54, 1.807) is 12.0 Å². The molecule has 0 bridgehead atoms. The van der Waals surface area contributed by atoms with Gasteiger partial charge in [-0.15, -0.1) is 0 Å². The van der Waals surface area contributed by atoms with Gasteiger partial charge in [-0.2, -0.15) is 0 Å². The molecule has 7 nitrogen and oxygen atoms in total. The quantitative estimate of drug-likeness (QED) is 0.294. The van der Waals surface area contributed by atoms with Gasteiger partial charge < -0.3 is 14.6 Å². The van der Waals surface area contributed by atoms with Crippen molar-refractivity contribution < 1.29 is 14.3 Å². The molecule has 0 spiro atoms. The highest BCUT2D eigenvalue weighted by Crippen LogP contribution is 2.35. The van der Waals surface area contributed by atoms with Gasteiger partial charge in [0.15, 0.2) is 5.17 Å². The van der Waals surface area contributed by atoms with Crippen molar-refractivity contribution in [2.24, 2.45) is 4.99 Å². The molecule has 192 valence electrons. The molecule has 2 heterocycles. The van der Waals surface area contributed by atoms with Crippen LogP contribution in [0.2, 0.25) is 0 Å². The van der Waals surface area contributed by atoms with Crippen LogP contribution in [-0.4, -0.2) is 46.7 Å². The fourth-order valence-corrected chi connectivity index (χ4v) is 5.25. The summed E-state index contributed by atoms with van der Waals surface area (Å²) in [7, 11) is 1.61. The molecule has 1 aliphatic heterocycles. The summed E-state index contributed by atoms with van der Waals surface area (Å²) in [5, 5.41) is 4.54. The molecule has 1 aliphatic rings. The Morgan fingerprint density at radius 3 is 2.53 bits per heavy atom. The normalized spacial score (nSPS) is 15.6. The van der Waals surface area contributed by atoms with Gasteiger partial charge in [0.05, 0.1) is 23.7 Å². The van der Waals surface area contributed by atoms with Crippen molar-refractivity contribution in [3.63, 3.8) is 0 Å². The van der Waals surface area contributed by atoms with Crippen molar-refractivity contribution in [2.45, 2.75) is 13.5 Å². The Bertz CT molecular complexity index is 1520. The van der Waals surface area contributed by atoms with E-state index in [9.17, 15) is 9.59 Å². The first-order valence-corrected chi connectivity index (χ1v) is 13.1. The summed E-state index contributed by atoms with van der Waals surface area (Å²) in [5.74, 6) is -0.237. The predicted octanol–water partition coefficient (Wildman–Crippen LogP) is 5.84. The van der Waals surface area contributed by atoms with Gasteiger partial charge in [-0.1, -0.05) is 54.1 Å². The number of hydrogen-bond donors (Lipinski definition) is 1. The number of benzene rings is 3. The molecule has 4 aromatic rings. The van der Waals surface area contributed by atoms with Gasteiger partial charge in [0, 0.05) is 35.5 Å². The van der Waals surface area contributed by atoms with Crippen molar-refractivity contribution >= 4 is 57.1 Å². The van der Waals surface area contributed by atoms with Gasteiger partial charge in [-0.25, -0.2) is 4.99 Å². The smallest absolute Gasteiger partial charge is 0.266 e. The number of rotatable bonds is 8. The van der Waals surface area contributed by atoms with Gasteiger partial charge in [0.1, 0.15) is 6.54 Å². The second kappa shape index (κ2) is 11.5. The lowest BCUT2D eigenvalue weighted by Crippen LogP contribution is -2.32. The second-order valence-corrected chi connectivity index (χ2v) is 9.94. The summed E-state index contributed by atoms with van der Waals surface area (Å²) in [5.41, 5.74) is 4.46. The number of nitrogens with zero attached hydrogens (tertiary/aromatic N) is 3. The third kappa shape index (κ3) is 5.72. The van der Waals surface area contributed by atoms with E-state index < -0.39 is 0 Å². The fraction of sp³-hybridized carbons (Fsp3) is 0.167. The van der Waals surface area contributed by atoms with Gasteiger partial charge in [-0.3, -0.25) is 14.5 Å². The first kappa shape index (κ1) is 25.5. The van der Waals surface area contributed by atoms with Gasteiger partial charge in [-0.05, 0) is 55.1 Å². The minimum Gasteiger partial charge on any atom is -0.383 e. The third-order valence-electron chi connectivity index (χ3n) is 6.14. The molecule has 1 aromatic heterocycles. The summed E-state index contributed by atoms with van der Waals surface area (Å²) < 4.78 is 7.15. The lowest BCUT2D eigenvalue weighted by molar-refractivity contribution is -0.122. The van der Waals surface area contributed by atoms with E-state index in [2.05, 4.69) is 5.32 Å². The van der Waals surface area contributed by atoms with Crippen molar-refractivity contribution in [1.29, 1.82) is 0 Å². The molecular weight excluding hydrogens is 496 g/mol. The number of aryl methyl sites for hydroxylation is 1. The molecule has 8 heteroatoms. The summed E-state index contributed by atoms with van der Waals surface area (Å²) in [6.45, 7) is 2.97. The van der Waals surface area contributed by atoms with Crippen LogP contribution >= 0.6 is 11.8 Å². The zero-order valence-corrected chi connectivity index (χ0v) is 22.1.